The number of rotatable bonds is 12. The van der Waals surface area contributed by atoms with Crippen molar-refractivity contribution in [2.75, 3.05) is 44.0 Å². The number of aromatic amines is 1. The molecule has 0 radical (unpaired) electrons. The number of aliphatic hydroxyl groups is 3. The van der Waals surface area contributed by atoms with Crippen LogP contribution in [0.5, 0.6) is 0 Å². The lowest BCUT2D eigenvalue weighted by molar-refractivity contribution is -0.275. The molecule has 3 aromatic rings. The van der Waals surface area contributed by atoms with Crippen molar-refractivity contribution in [3.63, 3.8) is 0 Å². The fourth-order valence-electron chi connectivity index (χ4n) is 6.44. The molecule has 20 nitrogen and oxygen atoms in total. The normalized spacial score (nSPS) is 30.0. The molecule has 7 N–H and O–H groups in total. The lowest BCUT2D eigenvalue weighted by Crippen LogP contribution is -2.52. The molecule has 3 saturated heterocycles. The van der Waals surface area contributed by atoms with Crippen molar-refractivity contribution in [2.45, 2.75) is 67.7 Å². The molecular weight excluding hydrogens is 718 g/mol. The van der Waals surface area contributed by atoms with Crippen molar-refractivity contribution in [2.24, 2.45) is 0 Å². The maximum absolute atomic E-state index is 14.6. The van der Waals surface area contributed by atoms with Crippen LogP contribution in [0.25, 0.3) is 0 Å². The first-order valence-corrected chi connectivity index (χ1v) is 17.6. The minimum absolute atomic E-state index is 0.0977. The summed E-state index contributed by atoms with van der Waals surface area (Å²) in [6.07, 6.45) is -9.65. The molecule has 3 aliphatic rings. The SMILES string of the molecule is COC1(O[C@@H]2[C@H](OP(=O)(O)OC[C@H]3O[C@@H](n4ccc(=O)[nH]c4=O)[C@H](O)[C@@H]3O)[C@@H](CO)O[C@H]2n2ccc(N)nc2=O)CCN(c2ccccc2F)CC1. The average molecular weight is 757 g/mol. The van der Waals surface area contributed by atoms with Crippen molar-refractivity contribution in [3.05, 3.63) is 85.9 Å². The van der Waals surface area contributed by atoms with Gasteiger partial charge >= 0.3 is 19.2 Å². The van der Waals surface area contributed by atoms with Crippen LogP contribution >= 0.6 is 7.82 Å². The summed E-state index contributed by atoms with van der Waals surface area (Å²) in [6, 6.07) is 8.53. The number of H-pyrrole nitrogens is 1. The molecule has 1 unspecified atom stereocenters. The molecular formula is C30H38FN6O14P. The van der Waals surface area contributed by atoms with Crippen LogP contribution in [0.4, 0.5) is 15.9 Å². The number of piperidine rings is 1. The summed E-state index contributed by atoms with van der Waals surface area (Å²) in [7, 11) is -3.82. The standard InChI is InChI=1S/C30H38FN6O14P/c1-46-30(8-12-35(13-9-30)17-5-3-2-4-16(17)31)50-25-24(18(14-38)48-27(25)37-10-6-20(32)33-28(37)42)51-52(44,45)47-15-19-22(40)23(41)26(49-19)36-11-7-21(39)34-29(36)43/h2-7,10-11,18-19,22-27,38,40-41H,8-9,12-15H2,1H3,(H,44,45)(H2,32,33,42)(H,34,39,43)/t18-,19-,22-,23-,24-,25-,26-,27-/m1/s1. The molecule has 5 heterocycles. The quantitative estimate of drug-likeness (QED) is 0.0912. The smallest absolute Gasteiger partial charge is 0.394 e. The van der Waals surface area contributed by atoms with E-state index < -0.39 is 98.7 Å². The Morgan fingerprint density at radius 3 is 2.37 bits per heavy atom. The number of aliphatic hydroxyl groups excluding tert-OH is 3. The number of aromatic nitrogens is 4. The van der Waals surface area contributed by atoms with Gasteiger partial charge in [-0.25, -0.2) is 18.5 Å². The van der Waals surface area contributed by atoms with E-state index in [1.54, 1.807) is 23.1 Å². The molecule has 3 fully saturated rings. The number of nitrogen functional groups attached to an aromatic ring is 1. The molecule has 2 aromatic heterocycles. The zero-order valence-corrected chi connectivity index (χ0v) is 28.4. The Morgan fingerprint density at radius 1 is 1.02 bits per heavy atom. The van der Waals surface area contributed by atoms with E-state index in [-0.39, 0.29) is 31.7 Å². The van der Waals surface area contributed by atoms with Gasteiger partial charge in [0.1, 0.15) is 48.3 Å². The second-order valence-corrected chi connectivity index (χ2v) is 13.7. The van der Waals surface area contributed by atoms with Crippen molar-refractivity contribution < 1.29 is 57.2 Å². The van der Waals surface area contributed by atoms with Gasteiger partial charge in [-0.05, 0) is 18.2 Å². The number of nitrogens with one attached hydrogen (secondary N) is 1. The largest absolute Gasteiger partial charge is 0.472 e. The lowest BCUT2D eigenvalue weighted by atomic mass is 10.0. The van der Waals surface area contributed by atoms with Gasteiger partial charge in [-0.2, -0.15) is 4.98 Å². The third-order valence-corrected chi connectivity index (χ3v) is 10.1. The topological polar surface area (TPSA) is 272 Å². The van der Waals surface area contributed by atoms with Crippen molar-refractivity contribution in [1.29, 1.82) is 0 Å². The van der Waals surface area contributed by atoms with Crippen molar-refractivity contribution in [3.8, 4) is 0 Å². The summed E-state index contributed by atoms with van der Waals surface area (Å²) >= 11 is 0. The van der Waals surface area contributed by atoms with Crippen LogP contribution in [0.1, 0.15) is 25.3 Å². The van der Waals surface area contributed by atoms with Crippen molar-refractivity contribution in [1.82, 2.24) is 19.1 Å². The zero-order chi connectivity index (χ0) is 37.4. The fourth-order valence-corrected chi connectivity index (χ4v) is 7.40. The number of hydrogen-bond acceptors (Lipinski definition) is 16. The number of methoxy groups -OCH3 is 1. The maximum atomic E-state index is 14.6. The molecule has 0 aliphatic carbocycles. The maximum Gasteiger partial charge on any atom is 0.472 e. The molecule has 284 valence electrons. The number of phosphoric ester groups is 1. The summed E-state index contributed by atoms with van der Waals surface area (Å²) in [5, 5.41) is 31.4. The highest BCUT2D eigenvalue weighted by Crippen LogP contribution is 2.50. The number of nitrogens with zero attached hydrogens (tertiary/aromatic N) is 4. The lowest BCUT2D eigenvalue weighted by Gasteiger charge is -2.44. The minimum Gasteiger partial charge on any atom is -0.394 e. The second-order valence-electron chi connectivity index (χ2n) is 12.3. The summed E-state index contributed by atoms with van der Waals surface area (Å²) < 4.78 is 64.3. The molecule has 3 aliphatic heterocycles. The Labute approximate surface area is 293 Å². The molecule has 0 bridgehead atoms. The summed E-state index contributed by atoms with van der Waals surface area (Å²) in [5.74, 6) is -1.94. The Balaban J connectivity index is 1.22. The summed E-state index contributed by atoms with van der Waals surface area (Å²) in [6.45, 7) is -1.11. The zero-order valence-electron chi connectivity index (χ0n) is 27.5. The van der Waals surface area contributed by atoms with Gasteiger partial charge in [-0.15, -0.1) is 0 Å². The number of anilines is 2. The number of nitrogens with two attached hydrogens (primary N) is 1. The van der Waals surface area contributed by atoms with Gasteiger partial charge in [-0.1, -0.05) is 12.1 Å². The molecule has 22 heteroatoms. The van der Waals surface area contributed by atoms with Gasteiger partial charge in [0.15, 0.2) is 18.2 Å². The van der Waals surface area contributed by atoms with E-state index in [1.807, 2.05) is 4.98 Å². The van der Waals surface area contributed by atoms with Crippen LogP contribution in [0.3, 0.4) is 0 Å². The molecule has 1 aromatic carbocycles. The Hall–Kier alpha value is -3.86. The first kappa shape index (κ1) is 37.9. The highest BCUT2D eigenvalue weighted by Gasteiger charge is 2.54. The number of ether oxygens (including phenoxy) is 4. The van der Waals surface area contributed by atoms with Crippen LogP contribution < -0.4 is 27.6 Å². The Morgan fingerprint density at radius 2 is 1.71 bits per heavy atom. The van der Waals surface area contributed by atoms with E-state index >= 15 is 0 Å². The average Bonchev–Trinajstić information content (AvgIpc) is 3.58. The summed E-state index contributed by atoms with van der Waals surface area (Å²) in [5.41, 5.74) is 3.51. The number of halogens is 1. The number of para-hydroxylation sites is 1. The minimum atomic E-state index is -5.19. The van der Waals surface area contributed by atoms with Gasteiger partial charge in [0.2, 0.25) is 0 Å². The van der Waals surface area contributed by atoms with Crippen LogP contribution in [-0.2, 0) is 32.6 Å². The predicted octanol–water partition coefficient (Wildman–Crippen LogP) is -1.45. The first-order valence-electron chi connectivity index (χ1n) is 16.1. The predicted molar refractivity (Wildman–Crippen MR) is 174 cm³/mol. The molecule has 9 atom stereocenters. The van der Waals surface area contributed by atoms with Crippen LogP contribution in [0.2, 0.25) is 0 Å². The van der Waals surface area contributed by atoms with Gasteiger partial charge in [0.05, 0.1) is 18.9 Å². The van der Waals surface area contributed by atoms with Gasteiger partial charge in [0, 0.05) is 51.5 Å². The fraction of sp³-hybridized carbons (Fsp3) is 0.533. The highest BCUT2D eigenvalue weighted by atomic mass is 31.2. The number of benzene rings is 1. The van der Waals surface area contributed by atoms with E-state index in [4.69, 9.17) is 33.7 Å². The van der Waals surface area contributed by atoms with Gasteiger partial charge in [0.25, 0.3) is 5.56 Å². The van der Waals surface area contributed by atoms with Gasteiger partial charge in [-0.3, -0.25) is 28.0 Å². The number of hydrogen-bond donors (Lipinski definition) is 6. The van der Waals surface area contributed by atoms with E-state index in [9.17, 15) is 43.6 Å². The monoisotopic (exact) mass is 756 g/mol. The molecule has 6 rings (SSSR count). The van der Waals surface area contributed by atoms with Gasteiger partial charge < -0.3 is 49.8 Å². The molecule has 0 spiro atoms. The molecule has 52 heavy (non-hydrogen) atoms. The van der Waals surface area contributed by atoms with Crippen LogP contribution in [0, 0.1) is 5.82 Å². The van der Waals surface area contributed by atoms with E-state index in [0.29, 0.717) is 5.69 Å². The third kappa shape index (κ3) is 7.75. The first-order chi connectivity index (χ1) is 24.7. The third-order valence-electron chi connectivity index (χ3n) is 9.15. The van der Waals surface area contributed by atoms with E-state index in [1.165, 1.54) is 25.4 Å². The van der Waals surface area contributed by atoms with Crippen molar-refractivity contribution >= 4 is 19.3 Å². The molecule has 0 amide bonds. The summed E-state index contributed by atoms with van der Waals surface area (Å²) in [4.78, 5) is 55.0. The van der Waals surface area contributed by atoms with E-state index in [2.05, 4.69) is 4.98 Å². The van der Waals surface area contributed by atoms with Crippen LogP contribution in [0.15, 0.2) is 63.2 Å². The second kappa shape index (κ2) is 15.2. The Kier molecular flexibility index (Phi) is 11.1. The Bertz CT molecular complexity index is 1960. The molecule has 0 saturated carbocycles. The highest BCUT2D eigenvalue weighted by molar-refractivity contribution is 7.47. The van der Waals surface area contributed by atoms with E-state index in [0.717, 1.165) is 21.4 Å². The van der Waals surface area contributed by atoms with Crippen LogP contribution in [-0.4, -0.2) is 115 Å². The number of phosphoric acid groups is 1.